The number of nitrogens with two attached hydrogens (primary N) is 1. The largest absolute Gasteiger partial charge is 0.472 e. The summed E-state index contributed by atoms with van der Waals surface area (Å²) in [5, 5.41) is 0. The third-order valence-corrected chi connectivity index (χ3v) is 2.12. The Morgan fingerprint density at radius 3 is 1.94 bits per heavy atom. The lowest BCUT2D eigenvalue weighted by Crippen LogP contribution is -2.47. The molecule has 1 unspecified atom stereocenters. The first-order valence-electron chi connectivity index (χ1n) is 4.29. The normalized spacial score (nSPS) is 15.3. The molecule has 3 N–H and O–H groups in total. The highest BCUT2D eigenvalue weighted by atomic mass is 19.4. The molecule has 0 saturated heterocycles. The monoisotopic (exact) mass is 262 g/mol. The fourth-order valence-electron chi connectivity index (χ4n) is 1.40. The van der Waals surface area contributed by atoms with Crippen molar-refractivity contribution in [2.24, 2.45) is 11.8 Å². The Morgan fingerprint density at radius 2 is 1.65 bits per heavy atom. The highest BCUT2D eigenvalue weighted by molar-refractivity contribution is 5.14. The van der Waals surface area contributed by atoms with Crippen molar-refractivity contribution in [1.82, 2.24) is 5.43 Å². The van der Waals surface area contributed by atoms with Gasteiger partial charge in [0.15, 0.2) is 5.92 Å². The van der Waals surface area contributed by atoms with Crippen LogP contribution in [0.15, 0.2) is 23.0 Å². The van der Waals surface area contributed by atoms with Gasteiger partial charge < -0.3 is 4.42 Å². The van der Waals surface area contributed by atoms with E-state index in [0.717, 1.165) is 18.6 Å². The van der Waals surface area contributed by atoms with Crippen LogP contribution in [-0.4, -0.2) is 12.4 Å². The molecule has 3 nitrogen and oxygen atoms in total. The Labute approximate surface area is 91.5 Å². The van der Waals surface area contributed by atoms with E-state index in [0.29, 0.717) is 0 Å². The number of rotatable bonds is 3. The number of halogens is 6. The van der Waals surface area contributed by atoms with Gasteiger partial charge in [0.1, 0.15) is 0 Å². The molecule has 0 fully saturated rings. The summed E-state index contributed by atoms with van der Waals surface area (Å²) in [5.74, 6) is 1.17. The van der Waals surface area contributed by atoms with Crippen molar-refractivity contribution >= 4 is 0 Å². The Balaban J connectivity index is 3.13. The van der Waals surface area contributed by atoms with E-state index < -0.39 is 24.3 Å². The van der Waals surface area contributed by atoms with Crippen LogP contribution >= 0.6 is 0 Å². The summed E-state index contributed by atoms with van der Waals surface area (Å²) in [6.45, 7) is 0. The highest BCUT2D eigenvalue weighted by Gasteiger charge is 2.60. The lowest BCUT2D eigenvalue weighted by molar-refractivity contribution is -0.292. The van der Waals surface area contributed by atoms with Crippen LogP contribution in [0.5, 0.6) is 0 Å². The molecule has 0 aliphatic heterocycles. The molecule has 1 aromatic rings. The van der Waals surface area contributed by atoms with Gasteiger partial charge in [-0.15, -0.1) is 0 Å². The second-order valence-corrected chi connectivity index (χ2v) is 3.26. The van der Waals surface area contributed by atoms with Crippen LogP contribution in [0.3, 0.4) is 0 Å². The average Bonchev–Trinajstić information content (AvgIpc) is 2.61. The van der Waals surface area contributed by atoms with Gasteiger partial charge in [-0.3, -0.25) is 11.3 Å². The van der Waals surface area contributed by atoms with Gasteiger partial charge in [0.25, 0.3) is 0 Å². The van der Waals surface area contributed by atoms with E-state index >= 15 is 0 Å². The summed E-state index contributed by atoms with van der Waals surface area (Å²) in [6.07, 6.45) is -9.20. The molecule has 0 aliphatic carbocycles. The van der Waals surface area contributed by atoms with Crippen molar-refractivity contribution in [3.8, 4) is 0 Å². The Kier molecular flexibility index (Phi) is 3.72. The molecule has 0 bridgehead atoms. The van der Waals surface area contributed by atoms with Gasteiger partial charge in [-0.25, -0.2) is 0 Å². The molecular weight excluding hydrogens is 254 g/mol. The SMILES string of the molecule is NNC(c1ccoc1)C(C(F)(F)F)C(F)(F)F. The van der Waals surface area contributed by atoms with Gasteiger partial charge in [-0.05, 0) is 6.07 Å². The number of hydrogen-bond acceptors (Lipinski definition) is 3. The summed E-state index contributed by atoms with van der Waals surface area (Å²) in [7, 11) is 0. The minimum Gasteiger partial charge on any atom is -0.472 e. The van der Waals surface area contributed by atoms with Crippen LogP contribution in [-0.2, 0) is 0 Å². The van der Waals surface area contributed by atoms with Crippen LogP contribution in [0.4, 0.5) is 26.3 Å². The van der Waals surface area contributed by atoms with Crippen molar-refractivity contribution in [3.63, 3.8) is 0 Å². The number of alkyl halides is 6. The molecule has 1 heterocycles. The molecule has 0 radical (unpaired) electrons. The minimum absolute atomic E-state index is 0.327. The molecule has 1 aromatic heterocycles. The van der Waals surface area contributed by atoms with Crippen LogP contribution in [0, 0.1) is 5.92 Å². The maximum Gasteiger partial charge on any atom is 0.402 e. The fourth-order valence-corrected chi connectivity index (χ4v) is 1.40. The quantitative estimate of drug-likeness (QED) is 0.500. The van der Waals surface area contributed by atoms with Crippen LogP contribution in [0.25, 0.3) is 0 Å². The predicted molar refractivity (Wildman–Crippen MR) is 44.4 cm³/mol. The minimum atomic E-state index is -5.47. The third kappa shape index (κ3) is 3.13. The molecule has 98 valence electrons. The topological polar surface area (TPSA) is 51.2 Å². The molecule has 0 amide bonds. The average molecular weight is 262 g/mol. The van der Waals surface area contributed by atoms with Crippen molar-refractivity contribution in [3.05, 3.63) is 24.2 Å². The zero-order valence-electron chi connectivity index (χ0n) is 8.14. The molecule has 9 heteroatoms. The lowest BCUT2D eigenvalue weighted by Gasteiger charge is -2.29. The van der Waals surface area contributed by atoms with E-state index in [4.69, 9.17) is 5.84 Å². The molecule has 17 heavy (non-hydrogen) atoms. The Bertz CT molecular complexity index is 330. The number of hydrogen-bond donors (Lipinski definition) is 2. The number of furan rings is 1. The summed E-state index contributed by atoms with van der Waals surface area (Å²) >= 11 is 0. The first-order chi connectivity index (χ1) is 7.68. The van der Waals surface area contributed by atoms with Gasteiger partial charge in [-0.1, -0.05) is 0 Å². The first-order valence-corrected chi connectivity index (χ1v) is 4.29. The van der Waals surface area contributed by atoms with Crippen LogP contribution in [0.1, 0.15) is 11.6 Å². The van der Waals surface area contributed by atoms with E-state index in [-0.39, 0.29) is 5.56 Å². The standard InChI is InChI=1S/C8H8F6N2O/c9-7(10,11)6(8(12,13)14)5(16-15)4-1-2-17-3-4/h1-3,5-6,16H,15H2. The van der Waals surface area contributed by atoms with Gasteiger partial charge in [0, 0.05) is 5.56 Å². The number of nitrogens with one attached hydrogen (secondary N) is 1. The second-order valence-electron chi connectivity index (χ2n) is 3.26. The van der Waals surface area contributed by atoms with Crippen molar-refractivity contribution < 1.29 is 30.8 Å². The van der Waals surface area contributed by atoms with E-state index in [2.05, 4.69) is 4.42 Å². The molecule has 0 aromatic carbocycles. The molecule has 0 aliphatic rings. The maximum absolute atomic E-state index is 12.4. The number of hydrazine groups is 1. The molecule has 1 rings (SSSR count). The smallest absolute Gasteiger partial charge is 0.402 e. The Morgan fingerprint density at radius 1 is 1.12 bits per heavy atom. The third-order valence-electron chi connectivity index (χ3n) is 2.12. The van der Waals surface area contributed by atoms with Crippen molar-refractivity contribution in [1.29, 1.82) is 0 Å². The van der Waals surface area contributed by atoms with E-state index in [1.54, 1.807) is 0 Å². The molecule has 1 atom stereocenters. The zero-order chi connectivity index (χ0) is 13.3. The van der Waals surface area contributed by atoms with E-state index in [9.17, 15) is 26.3 Å². The van der Waals surface area contributed by atoms with E-state index in [1.807, 2.05) is 0 Å². The second kappa shape index (κ2) is 4.57. The maximum atomic E-state index is 12.4. The Hall–Kier alpha value is -1.22. The molecule has 0 saturated carbocycles. The predicted octanol–water partition coefficient (Wildman–Crippen LogP) is 2.52. The lowest BCUT2D eigenvalue weighted by atomic mass is 9.94. The van der Waals surface area contributed by atoms with Crippen LogP contribution in [0.2, 0.25) is 0 Å². The highest BCUT2D eigenvalue weighted by Crippen LogP contribution is 2.46. The summed E-state index contributed by atoms with van der Waals surface area (Å²) in [5.41, 5.74) is 1.19. The zero-order valence-corrected chi connectivity index (χ0v) is 8.14. The summed E-state index contributed by atoms with van der Waals surface area (Å²) in [4.78, 5) is 0. The van der Waals surface area contributed by atoms with Gasteiger partial charge in [-0.2, -0.15) is 26.3 Å². The van der Waals surface area contributed by atoms with Crippen molar-refractivity contribution in [2.45, 2.75) is 18.4 Å². The first kappa shape index (κ1) is 13.8. The van der Waals surface area contributed by atoms with Gasteiger partial charge in [0.2, 0.25) is 0 Å². The summed E-state index contributed by atoms with van der Waals surface area (Å²) in [6, 6.07) is -1.16. The molecule has 0 spiro atoms. The fraction of sp³-hybridized carbons (Fsp3) is 0.500. The van der Waals surface area contributed by atoms with Gasteiger partial charge in [0.05, 0.1) is 18.6 Å². The summed E-state index contributed by atoms with van der Waals surface area (Å²) < 4.78 is 78.8. The van der Waals surface area contributed by atoms with Crippen LogP contribution < -0.4 is 11.3 Å². The molecular formula is C8H8F6N2O. The van der Waals surface area contributed by atoms with Crippen molar-refractivity contribution in [2.75, 3.05) is 0 Å². The van der Waals surface area contributed by atoms with Gasteiger partial charge >= 0.3 is 12.4 Å². The van der Waals surface area contributed by atoms with E-state index in [1.165, 1.54) is 5.43 Å².